The molecule has 2 rings (SSSR count). The zero-order valence-corrected chi connectivity index (χ0v) is 11.8. The molecule has 0 bridgehead atoms. The second-order valence-corrected chi connectivity index (χ2v) is 5.12. The molecule has 0 fully saturated rings. The first-order valence-electron chi connectivity index (χ1n) is 6.17. The molecule has 0 atom stereocenters. The number of carboxylic acids is 1. The van der Waals surface area contributed by atoms with Crippen molar-refractivity contribution in [2.45, 2.75) is 26.7 Å². The Morgan fingerprint density at radius 1 is 1.37 bits per heavy atom. The second kappa shape index (κ2) is 5.84. The van der Waals surface area contributed by atoms with E-state index in [4.69, 9.17) is 5.11 Å². The van der Waals surface area contributed by atoms with Crippen LogP contribution in [0.25, 0.3) is 0 Å². The van der Waals surface area contributed by atoms with E-state index < -0.39 is 5.97 Å². The normalized spacial score (nSPS) is 10.4. The van der Waals surface area contributed by atoms with Gasteiger partial charge in [0.2, 0.25) is 0 Å². The summed E-state index contributed by atoms with van der Waals surface area (Å²) in [6.07, 6.45) is 2.17. The summed E-state index contributed by atoms with van der Waals surface area (Å²) in [4.78, 5) is 11.2. The fraction of sp³-hybridized carbons (Fsp3) is 0.286. The Balaban J connectivity index is 2.19. The Labute approximate surface area is 116 Å². The lowest BCUT2D eigenvalue weighted by atomic mass is 10.1. The van der Waals surface area contributed by atoms with Crippen molar-refractivity contribution in [1.82, 2.24) is 4.37 Å². The first-order chi connectivity index (χ1) is 9.11. The highest BCUT2D eigenvalue weighted by molar-refractivity contribution is 7.10. The Morgan fingerprint density at radius 2 is 2.05 bits per heavy atom. The molecule has 0 unspecified atom stereocenters. The summed E-state index contributed by atoms with van der Waals surface area (Å²) in [5.74, 6) is -0.948. The lowest BCUT2D eigenvalue weighted by Gasteiger charge is -2.06. The molecule has 0 aliphatic carbocycles. The van der Waals surface area contributed by atoms with Gasteiger partial charge in [-0.25, -0.2) is 4.79 Å². The summed E-state index contributed by atoms with van der Waals surface area (Å²) >= 11 is 1.17. The van der Waals surface area contributed by atoms with Gasteiger partial charge in [0.15, 0.2) is 0 Å². The van der Waals surface area contributed by atoms with Crippen molar-refractivity contribution < 1.29 is 9.90 Å². The molecule has 100 valence electrons. The van der Waals surface area contributed by atoms with Crippen molar-refractivity contribution in [2.75, 3.05) is 5.32 Å². The molecule has 4 nitrogen and oxygen atoms in total. The zero-order valence-electron chi connectivity index (χ0n) is 10.9. The van der Waals surface area contributed by atoms with Crippen LogP contribution in [0, 0.1) is 6.92 Å². The van der Waals surface area contributed by atoms with Crippen molar-refractivity contribution >= 4 is 28.2 Å². The smallest absolute Gasteiger partial charge is 0.340 e. The average molecular weight is 276 g/mol. The molecule has 19 heavy (non-hydrogen) atoms. The molecule has 0 aliphatic heterocycles. The van der Waals surface area contributed by atoms with Crippen LogP contribution < -0.4 is 5.32 Å². The van der Waals surface area contributed by atoms with Gasteiger partial charge in [-0.2, -0.15) is 4.37 Å². The van der Waals surface area contributed by atoms with E-state index in [9.17, 15) is 4.79 Å². The Hall–Kier alpha value is -1.88. The molecule has 0 aliphatic rings. The molecule has 1 aromatic heterocycles. The van der Waals surface area contributed by atoms with Crippen LogP contribution in [0.5, 0.6) is 0 Å². The standard InChI is InChI=1S/C14H16N2O2S/c1-3-4-10-5-7-11(8-6-10)15-13-12(14(17)18)9(2)16-19-13/h5-8,15H,3-4H2,1-2H3,(H,17,18). The number of aromatic carboxylic acids is 1. The number of hydrogen-bond acceptors (Lipinski definition) is 4. The van der Waals surface area contributed by atoms with E-state index in [1.54, 1.807) is 6.92 Å². The number of anilines is 2. The van der Waals surface area contributed by atoms with Crippen LogP contribution in [-0.4, -0.2) is 15.4 Å². The molecule has 0 saturated carbocycles. The number of aromatic nitrogens is 1. The Morgan fingerprint density at radius 3 is 2.63 bits per heavy atom. The predicted octanol–water partition coefficient (Wildman–Crippen LogP) is 3.85. The van der Waals surface area contributed by atoms with Crippen LogP contribution in [0.2, 0.25) is 0 Å². The van der Waals surface area contributed by atoms with Crippen molar-refractivity contribution in [3.05, 3.63) is 41.1 Å². The van der Waals surface area contributed by atoms with E-state index in [2.05, 4.69) is 28.7 Å². The molecule has 0 saturated heterocycles. The fourth-order valence-corrected chi connectivity index (χ4v) is 2.69. The van der Waals surface area contributed by atoms with Crippen LogP contribution in [-0.2, 0) is 6.42 Å². The van der Waals surface area contributed by atoms with E-state index in [-0.39, 0.29) is 5.56 Å². The summed E-state index contributed by atoms with van der Waals surface area (Å²) in [6.45, 7) is 3.85. The third-order valence-corrected chi connectivity index (χ3v) is 3.68. The minimum Gasteiger partial charge on any atom is -0.478 e. The molecule has 0 amide bonds. The second-order valence-electron chi connectivity index (χ2n) is 4.35. The maximum atomic E-state index is 11.2. The fourth-order valence-electron chi connectivity index (χ4n) is 1.88. The highest BCUT2D eigenvalue weighted by Crippen LogP contribution is 2.28. The molecular weight excluding hydrogens is 260 g/mol. The minimum atomic E-state index is -0.948. The van der Waals surface area contributed by atoms with Gasteiger partial charge in [-0.15, -0.1) is 0 Å². The maximum Gasteiger partial charge on any atom is 0.340 e. The monoisotopic (exact) mass is 276 g/mol. The number of aryl methyl sites for hydroxylation is 2. The number of benzene rings is 1. The topological polar surface area (TPSA) is 62.2 Å². The van der Waals surface area contributed by atoms with Crippen LogP contribution >= 0.6 is 11.5 Å². The van der Waals surface area contributed by atoms with Crippen LogP contribution in [0.15, 0.2) is 24.3 Å². The quantitative estimate of drug-likeness (QED) is 0.870. The lowest BCUT2D eigenvalue weighted by Crippen LogP contribution is -2.01. The number of carboxylic acid groups (broad SMARTS) is 1. The van der Waals surface area contributed by atoms with E-state index in [0.29, 0.717) is 10.7 Å². The first kappa shape index (κ1) is 13.5. The number of rotatable bonds is 5. The van der Waals surface area contributed by atoms with Gasteiger partial charge in [-0.3, -0.25) is 0 Å². The van der Waals surface area contributed by atoms with Gasteiger partial charge in [0.05, 0.1) is 5.69 Å². The number of carbonyl (C=O) groups is 1. The van der Waals surface area contributed by atoms with E-state index in [0.717, 1.165) is 18.5 Å². The van der Waals surface area contributed by atoms with E-state index >= 15 is 0 Å². The van der Waals surface area contributed by atoms with Gasteiger partial charge in [0.1, 0.15) is 10.6 Å². The summed E-state index contributed by atoms with van der Waals surface area (Å²) in [6, 6.07) is 8.04. The largest absolute Gasteiger partial charge is 0.478 e. The molecule has 1 aromatic carbocycles. The number of nitrogens with zero attached hydrogens (tertiary/aromatic N) is 1. The third kappa shape index (κ3) is 3.12. The molecular formula is C14H16N2O2S. The third-order valence-electron chi connectivity index (χ3n) is 2.83. The molecule has 5 heteroatoms. The summed E-state index contributed by atoms with van der Waals surface area (Å²) in [7, 11) is 0. The van der Waals surface area contributed by atoms with E-state index in [1.807, 2.05) is 12.1 Å². The first-order valence-corrected chi connectivity index (χ1v) is 6.94. The van der Waals surface area contributed by atoms with Gasteiger partial charge >= 0.3 is 5.97 Å². The van der Waals surface area contributed by atoms with Crippen LogP contribution in [0.4, 0.5) is 10.7 Å². The van der Waals surface area contributed by atoms with Gasteiger partial charge in [-0.1, -0.05) is 25.5 Å². The number of nitrogens with one attached hydrogen (secondary N) is 1. The SMILES string of the molecule is CCCc1ccc(Nc2snc(C)c2C(=O)O)cc1. The van der Waals surface area contributed by atoms with Crippen molar-refractivity contribution in [3.63, 3.8) is 0 Å². The highest BCUT2D eigenvalue weighted by Gasteiger charge is 2.17. The van der Waals surface area contributed by atoms with Gasteiger partial charge in [-0.05, 0) is 42.6 Å². The van der Waals surface area contributed by atoms with Gasteiger partial charge in [0.25, 0.3) is 0 Å². The predicted molar refractivity (Wildman–Crippen MR) is 77.5 cm³/mol. The van der Waals surface area contributed by atoms with Crippen LogP contribution in [0.1, 0.15) is 35.0 Å². The molecule has 0 spiro atoms. The lowest BCUT2D eigenvalue weighted by molar-refractivity contribution is 0.0697. The van der Waals surface area contributed by atoms with Gasteiger partial charge < -0.3 is 10.4 Å². The highest BCUT2D eigenvalue weighted by atomic mass is 32.1. The summed E-state index contributed by atoms with van der Waals surface area (Å²) in [5.41, 5.74) is 2.96. The molecule has 2 N–H and O–H groups in total. The summed E-state index contributed by atoms with van der Waals surface area (Å²) < 4.78 is 4.08. The van der Waals surface area contributed by atoms with E-state index in [1.165, 1.54) is 17.1 Å². The average Bonchev–Trinajstić information content (AvgIpc) is 2.73. The van der Waals surface area contributed by atoms with Crippen LogP contribution in [0.3, 0.4) is 0 Å². The Bertz CT molecular complexity index is 576. The zero-order chi connectivity index (χ0) is 13.8. The number of hydrogen-bond donors (Lipinski definition) is 2. The maximum absolute atomic E-state index is 11.2. The Kier molecular flexibility index (Phi) is 4.16. The molecule has 2 aromatic rings. The minimum absolute atomic E-state index is 0.252. The summed E-state index contributed by atoms with van der Waals surface area (Å²) in [5, 5.41) is 12.9. The van der Waals surface area contributed by atoms with Crippen molar-refractivity contribution in [3.8, 4) is 0 Å². The molecule has 0 radical (unpaired) electrons. The van der Waals surface area contributed by atoms with Gasteiger partial charge in [0, 0.05) is 5.69 Å². The molecule has 1 heterocycles. The van der Waals surface area contributed by atoms with Crippen molar-refractivity contribution in [1.29, 1.82) is 0 Å². The van der Waals surface area contributed by atoms with Crippen molar-refractivity contribution in [2.24, 2.45) is 0 Å².